The quantitative estimate of drug-likeness (QED) is 0.321. The first-order chi connectivity index (χ1) is 8.89. The Kier molecular flexibility index (Phi) is 5.30. The van der Waals surface area contributed by atoms with Gasteiger partial charge in [-0.25, -0.2) is 4.39 Å². The molecule has 0 radical (unpaired) electrons. The molecule has 0 saturated carbocycles. The van der Waals surface area contributed by atoms with Gasteiger partial charge in [-0.2, -0.15) is 0 Å². The van der Waals surface area contributed by atoms with E-state index < -0.39 is 5.82 Å². The molecular formula is C14H22FN3O. The third-order valence-electron chi connectivity index (χ3n) is 3.09. The number of oxime groups is 1. The van der Waals surface area contributed by atoms with Crippen LogP contribution in [0.2, 0.25) is 0 Å². The molecule has 0 aromatic heterocycles. The summed E-state index contributed by atoms with van der Waals surface area (Å²) in [4.78, 5) is 0. The van der Waals surface area contributed by atoms with Crippen LogP contribution in [0.3, 0.4) is 0 Å². The third-order valence-corrected chi connectivity index (χ3v) is 3.09. The molecule has 19 heavy (non-hydrogen) atoms. The zero-order valence-corrected chi connectivity index (χ0v) is 11.7. The average molecular weight is 267 g/mol. The Bertz CT molecular complexity index is 458. The molecule has 0 spiro atoms. The Morgan fingerprint density at radius 3 is 2.74 bits per heavy atom. The first kappa shape index (κ1) is 15.4. The molecule has 4 nitrogen and oxygen atoms in total. The lowest BCUT2D eigenvalue weighted by atomic mass is 9.97. The summed E-state index contributed by atoms with van der Waals surface area (Å²) < 4.78 is 13.2. The van der Waals surface area contributed by atoms with Crippen molar-refractivity contribution in [1.29, 1.82) is 0 Å². The van der Waals surface area contributed by atoms with Crippen molar-refractivity contribution in [2.45, 2.75) is 45.7 Å². The van der Waals surface area contributed by atoms with E-state index in [9.17, 15) is 4.39 Å². The van der Waals surface area contributed by atoms with E-state index in [2.05, 4.69) is 31.2 Å². The van der Waals surface area contributed by atoms with Crippen molar-refractivity contribution < 1.29 is 9.60 Å². The highest BCUT2D eigenvalue weighted by Gasteiger charge is 2.17. The summed E-state index contributed by atoms with van der Waals surface area (Å²) in [5.41, 5.74) is 6.78. The Morgan fingerprint density at radius 1 is 1.47 bits per heavy atom. The van der Waals surface area contributed by atoms with Crippen molar-refractivity contribution in [3.63, 3.8) is 0 Å². The number of benzene rings is 1. The maximum absolute atomic E-state index is 13.2. The van der Waals surface area contributed by atoms with Crippen molar-refractivity contribution >= 4 is 5.84 Å². The fourth-order valence-corrected chi connectivity index (χ4v) is 2.04. The molecule has 0 amide bonds. The number of hydrogen-bond donors (Lipinski definition) is 3. The molecule has 0 aliphatic carbocycles. The van der Waals surface area contributed by atoms with Gasteiger partial charge in [0.2, 0.25) is 0 Å². The van der Waals surface area contributed by atoms with Gasteiger partial charge in [-0.15, -0.1) is 0 Å². The molecule has 0 bridgehead atoms. The van der Waals surface area contributed by atoms with Gasteiger partial charge in [0.1, 0.15) is 5.82 Å². The largest absolute Gasteiger partial charge is 0.409 e. The first-order valence-corrected chi connectivity index (χ1v) is 6.41. The van der Waals surface area contributed by atoms with E-state index in [1.807, 2.05) is 0 Å². The number of rotatable bonds is 6. The number of halogens is 1. The second kappa shape index (κ2) is 6.52. The van der Waals surface area contributed by atoms with E-state index in [0.29, 0.717) is 12.1 Å². The van der Waals surface area contributed by atoms with Crippen molar-refractivity contribution in [1.82, 2.24) is 5.32 Å². The van der Waals surface area contributed by atoms with Crippen LogP contribution in [0.25, 0.3) is 0 Å². The number of amidine groups is 1. The van der Waals surface area contributed by atoms with Crippen molar-refractivity contribution in [2.75, 3.05) is 0 Å². The van der Waals surface area contributed by atoms with Crippen LogP contribution in [-0.2, 0) is 6.54 Å². The molecule has 0 heterocycles. The fourth-order valence-electron chi connectivity index (χ4n) is 2.04. The Hall–Kier alpha value is -1.62. The van der Waals surface area contributed by atoms with Crippen LogP contribution in [0.4, 0.5) is 4.39 Å². The van der Waals surface area contributed by atoms with Crippen LogP contribution < -0.4 is 11.1 Å². The molecule has 0 aliphatic rings. The maximum Gasteiger partial charge on any atom is 0.170 e. The second-order valence-electron chi connectivity index (χ2n) is 5.27. The highest BCUT2D eigenvalue weighted by molar-refractivity contribution is 5.98. The minimum Gasteiger partial charge on any atom is -0.409 e. The third kappa shape index (κ3) is 4.52. The molecule has 106 valence electrons. The van der Waals surface area contributed by atoms with Crippen LogP contribution in [0, 0.1) is 5.82 Å². The molecule has 0 unspecified atom stereocenters. The molecule has 0 atom stereocenters. The summed E-state index contributed by atoms with van der Waals surface area (Å²) in [5, 5.41) is 15.1. The number of nitrogens with zero attached hydrogens (tertiary/aromatic N) is 1. The number of nitrogens with two attached hydrogens (primary N) is 1. The van der Waals surface area contributed by atoms with E-state index >= 15 is 0 Å². The van der Waals surface area contributed by atoms with Gasteiger partial charge in [0.15, 0.2) is 5.84 Å². The van der Waals surface area contributed by atoms with Gasteiger partial charge in [0.05, 0.1) is 0 Å². The molecule has 0 fully saturated rings. The summed E-state index contributed by atoms with van der Waals surface area (Å²) in [7, 11) is 0. The van der Waals surface area contributed by atoms with Gasteiger partial charge in [-0.05, 0) is 38.0 Å². The van der Waals surface area contributed by atoms with E-state index in [1.54, 1.807) is 6.07 Å². The van der Waals surface area contributed by atoms with Gasteiger partial charge < -0.3 is 16.3 Å². The van der Waals surface area contributed by atoms with Crippen LogP contribution in [0.1, 0.15) is 44.7 Å². The maximum atomic E-state index is 13.2. The van der Waals surface area contributed by atoms with Crippen molar-refractivity contribution in [3.05, 3.63) is 35.1 Å². The average Bonchev–Trinajstić information content (AvgIpc) is 2.36. The first-order valence-electron chi connectivity index (χ1n) is 6.41. The molecule has 0 aliphatic heterocycles. The molecule has 4 N–H and O–H groups in total. The molecule has 1 aromatic carbocycles. The smallest absolute Gasteiger partial charge is 0.170 e. The van der Waals surface area contributed by atoms with Gasteiger partial charge in [-0.3, -0.25) is 0 Å². The SMILES string of the molecule is CCCC(C)(C)NCc1ccc(F)cc1/C(N)=N/O. The zero-order chi connectivity index (χ0) is 14.5. The van der Waals surface area contributed by atoms with E-state index in [0.717, 1.165) is 18.4 Å². The van der Waals surface area contributed by atoms with Gasteiger partial charge in [0.25, 0.3) is 0 Å². The number of nitrogens with one attached hydrogen (secondary N) is 1. The molecule has 5 heteroatoms. The monoisotopic (exact) mass is 267 g/mol. The second-order valence-corrected chi connectivity index (χ2v) is 5.27. The van der Waals surface area contributed by atoms with Gasteiger partial charge >= 0.3 is 0 Å². The van der Waals surface area contributed by atoms with Crippen molar-refractivity contribution in [3.8, 4) is 0 Å². The lowest BCUT2D eigenvalue weighted by Gasteiger charge is -2.26. The number of hydrogen-bond acceptors (Lipinski definition) is 3. The summed E-state index contributed by atoms with van der Waals surface area (Å²) in [6.07, 6.45) is 2.11. The van der Waals surface area contributed by atoms with E-state index in [4.69, 9.17) is 10.9 Å². The highest BCUT2D eigenvalue weighted by atomic mass is 19.1. The Balaban J connectivity index is 2.89. The van der Waals surface area contributed by atoms with Crippen LogP contribution in [0.5, 0.6) is 0 Å². The summed E-state index contributed by atoms with van der Waals surface area (Å²) >= 11 is 0. The zero-order valence-electron chi connectivity index (χ0n) is 11.7. The predicted octanol–water partition coefficient (Wildman–Crippen LogP) is 2.59. The standard InChI is InChI=1S/C14H22FN3O/c1-4-7-14(2,3)17-9-10-5-6-11(15)8-12(10)13(16)18-19/h5-6,8,17,19H,4,7,9H2,1-3H3,(H2,16,18). The van der Waals surface area contributed by atoms with Gasteiger partial charge in [-0.1, -0.05) is 24.6 Å². The Morgan fingerprint density at radius 2 is 2.16 bits per heavy atom. The molecule has 0 saturated heterocycles. The summed E-state index contributed by atoms with van der Waals surface area (Å²) in [6.45, 7) is 6.90. The topological polar surface area (TPSA) is 70.6 Å². The minimum absolute atomic E-state index is 0.00841. The predicted molar refractivity (Wildman–Crippen MR) is 74.7 cm³/mol. The summed E-state index contributed by atoms with van der Waals surface area (Å²) in [5.74, 6) is -0.484. The van der Waals surface area contributed by atoms with E-state index in [1.165, 1.54) is 12.1 Å². The van der Waals surface area contributed by atoms with Crippen molar-refractivity contribution in [2.24, 2.45) is 10.9 Å². The van der Waals surface area contributed by atoms with Crippen LogP contribution >= 0.6 is 0 Å². The summed E-state index contributed by atoms with van der Waals surface area (Å²) in [6, 6.07) is 4.30. The fraction of sp³-hybridized carbons (Fsp3) is 0.500. The van der Waals surface area contributed by atoms with Crippen LogP contribution in [-0.4, -0.2) is 16.6 Å². The molecular weight excluding hydrogens is 245 g/mol. The molecule has 1 rings (SSSR count). The highest BCUT2D eigenvalue weighted by Crippen LogP contribution is 2.15. The normalized spacial score (nSPS) is 12.7. The van der Waals surface area contributed by atoms with Crippen LogP contribution in [0.15, 0.2) is 23.4 Å². The minimum atomic E-state index is -0.404. The Labute approximate surface area is 113 Å². The lowest BCUT2D eigenvalue weighted by molar-refractivity contribution is 0.318. The molecule has 1 aromatic rings. The lowest BCUT2D eigenvalue weighted by Crippen LogP contribution is -2.38. The van der Waals surface area contributed by atoms with Gasteiger partial charge in [0, 0.05) is 17.6 Å². The van der Waals surface area contributed by atoms with E-state index in [-0.39, 0.29) is 11.4 Å².